The fraction of sp³-hybridized carbons (Fsp3) is 0.235. The highest BCUT2D eigenvalue weighted by atomic mass is 16.5. The molecule has 3 heteroatoms. The Labute approximate surface area is 118 Å². The maximum absolute atomic E-state index is 5.50. The molecule has 0 aliphatic carbocycles. The van der Waals surface area contributed by atoms with Crippen molar-refractivity contribution in [2.75, 3.05) is 0 Å². The summed E-state index contributed by atoms with van der Waals surface area (Å²) in [5.41, 5.74) is 2.02. The third kappa shape index (κ3) is 2.58. The molecule has 0 fully saturated rings. The van der Waals surface area contributed by atoms with Crippen molar-refractivity contribution in [1.82, 2.24) is 10.5 Å². The van der Waals surface area contributed by atoms with Crippen LogP contribution in [0.25, 0.3) is 22.1 Å². The Balaban J connectivity index is 1.95. The molecule has 0 saturated carbocycles. The van der Waals surface area contributed by atoms with Crippen molar-refractivity contribution in [3.8, 4) is 11.3 Å². The van der Waals surface area contributed by atoms with E-state index in [9.17, 15) is 0 Å². The lowest BCUT2D eigenvalue weighted by Gasteiger charge is -2.04. The van der Waals surface area contributed by atoms with Gasteiger partial charge in [0.05, 0.1) is 5.69 Å². The quantitative estimate of drug-likeness (QED) is 0.775. The van der Waals surface area contributed by atoms with Crippen molar-refractivity contribution < 1.29 is 4.52 Å². The highest BCUT2D eigenvalue weighted by molar-refractivity contribution is 5.95. The van der Waals surface area contributed by atoms with E-state index < -0.39 is 0 Å². The van der Waals surface area contributed by atoms with Crippen LogP contribution in [0.2, 0.25) is 0 Å². The summed E-state index contributed by atoms with van der Waals surface area (Å²) in [7, 11) is 0. The lowest BCUT2D eigenvalue weighted by molar-refractivity contribution is 0.418. The first-order chi connectivity index (χ1) is 9.74. The molecular formula is C17H18N2O. The van der Waals surface area contributed by atoms with Gasteiger partial charge >= 0.3 is 0 Å². The van der Waals surface area contributed by atoms with Crippen LogP contribution in [0.3, 0.4) is 0 Å². The normalized spacial score (nSPS) is 11.3. The van der Waals surface area contributed by atoms with Gasteiger partial charge in [0.2, 0.25) is 0 Å². The number of aromatic nitrogens is 1. The number of rotatable bonds is 4. The van der Waals surface area contributed by atoms with Gasteiger partial charge in [-0.05, 0) is 10.8 Å². The molecule has 102 valence electrons. The molecule has 3 nitrogen and oxygen atoms in total. The standard InChI is InChI=1S/C17H18N2O/c1-12(2)18-11-14-10-17(20-19-14)16-9-5-7-13-6-3-4-8-15(13)16/h3-10,12,18H,11H2,1-2H3. The molecule has 0 amide bonds. The third-order valence-electron chi connectivity index (χ3n) is 3.31. The molecule has 1 N–H and O–H groups in total. The number of hydrogen-bond donors (Lipinski definition) is 1. The van der Waals surface area contributed by atoms with E-state index in [1.807, 2.05) is 24.3 Å². The van der Waals surface area contributed by atoms with Crippen LogP contribution >= 0.6 is 0 Å². The van der Waals surface area contributed by atoms with Crippen molar-refractivity contribution in [1.29, 1.82) is 0 Å². The smallest absolute Gasteiger partial charge is 0.167 e. The number of benzene rings is 2. The molecule has 0 bridgehead atoms. The van der Waals surface area contributed by atoms with Gasteiger partial charge in [0.1, 0.15) is 0 Å². The molecule has 0 atom stereocenters. The average Bonchev–Trinajstić information content (AvgIpc) is 2.93. The highest BCUT2D eigenvalue weighted by Gasteiger charge is 2.09. The van der Waals surface area contributed by atoms with Gasteiger partial charge in [0, 0.05) is 24.2 Å². The van der Waals surface area contributed by atoms with Crippen LogP contribution in [-0.4, -0.2) is 11.2 Å². The summed E-state index contributed by atoms with van der Waals surface area (Å²) in [6.07, 6.45) is 0. The van der Waals surface area contributed by atoms with E-state index >= 15 is 0 Å². The van der Waals surface area contributed by atoms with Crippen LogP contribution < -0.4 is 5.32 Å². The van der Waals surface area contributed by atoms with E-state index in [1.165, 1.54) is 10.8 Å². The number of hydrogen-bond acceptors (Lipinski definition) is 3. The van der Waals surface area contributed by atoms with Gasteiger partial charge in [0.15, 0.2) is 5.76 Å². The van der Waals surface area contributed by atoms with Crippen LogP contribution in [0.15, 0.2) is 53.1 Å². The Hall–Kier alpha value is -2.13. The first-order valence-electron chi connectivity index (χ1n) is 6.91. The SMILES string of the molecule is CC(C)NCc1cc(-c2cccc3ccccc23)on1. The second-order valence-electron chi connectivity index (χ2n) is 5.24. The van der Waals surface area contributed by atoms with Crippen molar-refractivity contribution >= 4 is 10.8 Å². The molecule has 0 unspecified atom stereocenters. The van der Waals surface area contributed by atoms with Gasteiger partial charge in [-0.25, -0.2) is 0 Å². The van der Waals surface area contributed by atoms with Crippen LogP contribution in [-0.2, 0) is 6.54 Å². The third-order valence-corrected chi connectivity index (χ3v) is 3.31. The molecule has 1 aromatic heterocycles. The summed E-state index contributed by atoms with van der Waals surface area (Å²) in [4.78, 5) is 0. The largest absolute Gasteiger partial charge is 0.356 e. The van der Waals surface area contributed by atoms with E-state index in [0.717, 1.165) is 23.6 Å². The van der Waals surface area contributed by atoms with E-state index in [0.29, 0.717) is 6.04 Å². The van der Waals surface area contributed by atoms with Gasteiger partial charge in [0.25, 0.3) is 0 Å². The number of fused-ring (bicyclic) bond motifs is 1. The summed E-state index contributed by atoms with van der Waals surface area (Å²) in [6.45, 7) is 4.96. The van der Waals surface area contributed by atoms with E-state index in [2.05, 4.69) is 48.6 Å². The Bertz CT molecular complexity index is 710. The molecule has 0 saturated heterocycles. The predicted octanol–water partition coefficient (Wildman–Crippen LogP) is 3.99. The monoisotopic (exact) mass is 266 g/mol. The molecule has 2 aromatic carbocycles. The van der Waals surface area contributed by atoms with Gasteiger partial charge in [-0.2, -0.15) is 0 Å². The van der Waals surface area contributed by atoms with Gasteiger partial charge in [-0.3, -0.25) is 0 Å². The Kier molecular flexibility index (Phi) is 3.52. The fourth-order valence-electron chi connectivity index (χ4n) is 2.27. The minimum absolute atomic E-state index is 0.438. The molecule has 0 aliphatic rings. The minimum atomic E-state index is 0.438. The lowest BCUT2D eigenvalue weighted by atomic mass is 10.0. The Morgan fingerprint density at radius 1 is 1.10 bits per heavy atom. The average molecular weight is 266 g/mol. The molecule has 0 spiro atoms. The van der Waals surface area contributed by atoms with Crippen LogP contribution in [0, 0.1) is 0 Å². The molecule has 20 heavy (non-hydrogen) atoms. The van der Waals surface area contributed by atoms with Crippen molar-refractivity contribution in [2.24, 2.45) is 0 Å². The van der Waals surface area contributed by atoms with Crippen LogP contribution in [0.4, 0.5) is 0 Å². The number of nitrogens with zero attached hydrogens (tertiary/aromatic N) is 1. The summed E-state index contributed by atoms with van der Waals surface area (Å²) in [5.74, 6) is 0.822. The molecule has 3 aromatic rings. The molecule has 3 rings (SSSR count). The Morgan fingerprint density at radius 2 is 1.90 bits per heavy atom. The van der Waals surface area contributed by atoms with E-state index in [4.69, 9.17) is 4.52 Å². The summed E-state index contributed by atoms with van der Waals surface area (Å²) >= 11 is 0. The zero-order chi connectivity index (χ0) is 13.9. The minimum Gasteiger partial charge on any atom is -0.356 e. The van der Waals surface area contributed by atoms with Crippen molar-refractivity contribution in [2.45, 2.75) is 26.4 Å². The maximum atomic E-state index is 5.50. The second kappa shape index (κ2) is 5.47. The van der Waals surface area contributed by atoms with E-state index in [1.54, 1.807) is 0 Å². The summed E-state index contributed by atoms with van der Waals surface area (Å²) in [5, 5.41) is 9.88. The van der Waals surface area contributed by atoms with Crippen LogP contribution in [0.1, 0.15) is 19.5 Å². The first-order valence-corrected chi connectivity index (χ1v) is 6.91. The summed E-state index contributed by atoms with van der Waals surface area (Å²) < 4.78 is 5.50. The van der Waals surface area contributed by atoms with Crippen molar-refractivity contribution in [3.63, 3.8) is 0 Å². The first kappa shape index (κ1) is 12.9. The zero-order valence-electron chi connectivity index (χ0n) is 11.8. The molecule has 0 radical (unpaired) electrons. The molecular weight excluding hydrogens is 248 g/mol. The molecule has 1 heterocycles. The topological polar surface area (TPSA) is 38.1 Å². The molecule has 0 aliphatic heterocycles. The fourth-order valence-corrected chi connectivity index (χ4v) is 2.27. The maximum Gasteiger partial charge on any atom is 0.167 e. The second-order valence-corrected chi connectivity index (χ2v) is 5.24. The highest BCUT2D eigenvalue weighted by Crippen LogP contribution is 2.28. The summed E-state index contributed by atoms with van der Waals surface area (Å²) in [6, 6.07) is 17.0. The van der Waals surface area contributed by atoms with Crippen molar-refractivity contribution in [3.05, 3.63) is 54.2 Å². The van der Waals surface area contributed by atoms with E-state index in [-0.39, 0.29) is 0 Å². The zero-order valence-corrected chi connectivity index (χ0v) is 11.8. The van der Waals surface area contributed by atoms with Gasteiger partial charge in [-0.15, -0.1) is 0 Å². The number of nitrogens with one attached hydrogen (secondary N) is 1. The van der Waals surface area contributed by atoms with Crippen LogP contribution in [0.5, 0.6) is 0 Å². The van der Waals surface area contributed by atoms with Gasteiger partial charge < -0.3 is 9.84 Å². The predicted molar refractivity (Wildman–Crippen MR) is 81.4 cm³/mol. The Morgan fingerprint density at radius 3 is 2.75 bits per heavy atom. The van der Waals surface area contributed by atoms with Gasteiger partial charge in [-0.1, -0.05) is 61.5 Å². The lowest BCUT2D eigenvalue weighted by Crippen LogP contribution is -2.21.